The summed E-state index contributed by atoms with van der Waals surface area (Å²) in [5, 5.41) is 11.8. The molecule has 0 amide bonds. The van der Waals surface area contributed by atoms with Gasteiger partial charge in [-0.3, -0.25) is 4.90 Å². The number of piperazine rings is 1. The van der Waals surface area contributed by atoms with Crippen molar-refractivity contribution >= 4 is 11.7 Å². The van der Waals surface area contributed by atoms with E-state index in [1.807, 2.05) is 6.07 Å². The molecule has 6 nitrogen and oxygen atoms in total. The maximum Gasteiger partial charge on any atom is 0.170 e. The van der Waals surface area contributed by atoms with E-state index in [2.05, 4.69) is 40.7 Å². The number of aromatic nitrogens is 1. The summed E-state index contributed by atoms with van der Waals surface area (Å²) in [4.78, 5) is 9.08. The first kappa shape index (κ1) is 14.6. The lowest BCUT2D eigenvalue weighted by Crippen LogP contribution is -2.53. The molecule has 0 bridgehead atoms. The first-order valence-electron chi connectivity index (χ1n) is 6.86. The van der Waals surface area contributed by atoms with Crippen LogP contribution in [0.15, 0.2) is 23.5 Å². The maximum atomic E-state index is 8.74. The van der Waals surface area contributed by atoms with E-state index >= 15 is 0 Å². The highest BCUT2D eigenvalue weighted by atomic mass is 16.4. The second kappa shape index (κ2) is 5.66. The lowest BCUT2D eigenvalue weighted by atomic mass is 10.0. The number of hydrogen-bond donors (Lipinski definition) is 2. The van der Waals surface area contributed by atoms with Crippen LogP contribution in [0.4, 0.5) is 5.82 Å². The van der Waals surface area contributed by atoms with Crippen LogP contribution >= 0.6 is 0 Å². The van der Waals surface area contributed by atoms with Crippen LogP contribution in [0.3, 0.4) is 0 Å². The molecule has 1 saturated heterocycles. The molecule has 1 aliphatic heterocycles. The second-order valence-corrected chi connectivity index (χ2v) is 6.03. The van der Waals surface area contributed by atoms with E-state index in [1.54, 1.807) is 12.3 Å². The Balaban J connectivity index is 2.08. The molecule has 1 aromatic heterocycles. The van der Waals surface area contributed by atoms with E-state index in [0.717, 1.165) is 32.0 Å². The molecule has 0 radical (unpaired) electrons. The summed E-state index contributed by atoms with van der Waals surface area (Å²) < 4.78 is 0. The van der Waals surface area contributed by atoms with Gasteiger partial charge in [0.25, 0.3) is 0 Å². The molecule has 1 aliphatic rings. The molecule has 1 aromatic rings. The lowest BCUT2D eigenvalue weighted by Gasteiger charge is -2.42. The normalized spacial score (nSPS) is 18.4. The average molecular weight is 277 g/mol. The highest BCUT2D eigenvalue weighted by Gasteiger charge is 2.26. The Morgan fingerprint density at radius 2 is 1.95 bits per heavy atom. The number of anilines is 1. The topological polar surface area (TPSA) is 78.0 Å². The van der Waals surface area contributed by atoms with Crippen molar-refractivity contribution in [2.45, 2.75) is 26.3 Å². The summed E-state index contributed by atoms with van der Waals surface area (Å²) in [6.45, 7) is 10.6. The van der Waals surface area contributed by atoms with Gasteiger partial charge in [-0.25, -0.2) is 4.98 Å². The minimum atomic E-state index is 0.113. The molecule has 20 heavy (non-hydrogen) atoms. The maximum absolute atomic E-state index is 8.74. The molecule has 110 valence electrons. The van der Waals surface area contributed by atoms with Gasteiger partial charge >= 0.3 is 0 Å². The van der Waals surface area contributed by atoms with Gasteiger partial charge in [-0.2, -0.15) is 0 Å². The van der Waals surface area contributed by atoms with Crippen LogP contribution in [0, 0.1) is 0 Å². The molecule has 2 rings (SSSR count). The molecule has 1 fully saturated rings. The molecule has 0 atom stereocenters. The van der Waals surface area contributed by atoms with Crippen molar-refractivity contribution in [1.29, 1.82) is 0 Å². The molecular formula is C14H23N5O. The summed E-state index contributed by atoms with van der Waals surface area (Å²) in [5.74, 6) is 0.990. The number of oxime groups is 1. The SMILES string of the molecule is CC(C)(C)N1CCN(c2cc(C(N)=NO)ccn2)CC1. The fourth-order valence-electron chi connectivity index (χ4n) is 2.41. The molecule has 0 saturated carbocycles. The Labute approximate surface area is 119 Å². The van der Waals surface area contributed by atoms with Crippen molar-refractivity contribution in [3.05, 3.63) is 23.9 Å². The summed E-state index contributed by atoms with van der Waals surface area (Å²) in [7, 11) is 0. The van der Waals surface area contributed by atoms with E-state index in [-0.39, 0.29) is 11.4 Å². The van der Waals surface area contributed by atoms with Gasteiger partial charge in [0.05, 0.1) is 0 Å². The smallest absolute Gasteiger partial charge is 0.170 e. The number of hydrogen-bond acceptors (Lipinski definition) is 5. The van der Waals surface area contributed by atoms with Crippen molar-refractivity contribution in [1.82, 2.24) is 9.88 Å². The molecule has 0 spiro atoms. The fourth-order valence-corrected chi connectivity index (χ4v) is 2.41. The Morgan fingerprint density at radius 3 is 2.50 bits per heavy atom. The molecule has 2 heterocycles. The number of pyridine rings is 1. The highest BCUT2D eigenvalue weighted by Crippen LogP contribution is 2.19. The van der Waals surface area contributed by atoms with E-state index in [1.165, 1.54) is 0 Å². The second-order valence-electron chi connectivity index (χ2n) is 6.03. The minimum Gasteiger partial charge on any atom is -0.409 e. The van der Waals surface area contributed by atoms with Gasteiger partial charge in [0.1, 0.15) is 5.82 Å². The van der Waals surface area contributed by atoms with Crippen LogP contribution in [0.25, 0.3) is 0 Å². The molecule has 0 unspecified atom stereocenters. The van der Waals surface area contributed by atoms with Gasteiger partial charge in [-0.1, -0.05) is 5.16 Å². The van der Waals surface area contributed by atoms with Crippen molar-refractivity contribution in [3.63, 3.8) is 0 Å². The third-order valence-electron chi connectivity index (χ3n) is 3.70. The van der Waals surface area contributed by atoms with E-state index in [4.69, 9.17) is 10.9 Å². The number of rotatable bonds is 2. The standard InChI is InChI=1S/C14H23N5O/c1-14(2,3)19-8-6-18(7-9-19)12-10-11(4-5-16-12)13(15)17-20/h4-5,10,20H,6-9H2,1-3H3,(H2,15,17). The predicted molar refractivity (Wildman–Crippen MR) is 80.3 cm³/mol. The van der Waals surface area contributed by atoms with Gasteiger partial charge < -0.3 is 15.8 Å². The molecule has 6 heteroatoms. The Bertz CT molecular complexity index is 487. The van der Waals surface area contributed by atoms with Crippen LogP contribution < -0.4 is 10.6 Å². The van der Waals surface area contributed by atoms with Crippen LogP contribution in [0.1, 0.15) is 26.3 Å². The third-order valence-corrected chi connectivity index (χ3v) is 3.70. The van der Waals surface area contributed by atoms with Crippen LogP contribution in [-0.4, -0.2) is 52.6 Å². The summed E-state index contributed by atoms with van der Waals surface area (Å²) in [6, 6.07) is 3.60. The summed E-state index contributed by atoms with van der Waals surface area (Å²) in [5.41, 5.74) is 6.51. The zero-order valence-electron chi connectivity index (χ0n) is 12.4. The lowest BCUT2D eigenvalue weighted by molar-refractivity contribution is 0.128. The first-order valence-corrected chi connectivity index (χ1v) is 6.86. The van der Waals surface area contributed by atoms with Gasteiger partial charge in [0, 0.05) is 43.5 Å². The Morgan fingerprint density at radius 1 is 1.30 bits per heavy atom. The molecule has 0 aliphatic carbocycles. The summed E-state index contributed by atoms with van der Waals surface area (Å²) in [6.07, 6.45) is 1.69. The molecule has 0 aromatic carbocycles. The third kappa shape index (κ3) is 3.19. The summed E-state index contributed by atoms with van der Waals surface area (Å²) >= 11 is 0. The molecular weight excluding hydrogens is 254 g/mol. The fraction of sp³-hybridized carbons (Fsp3) is 0.571. The van der Waals surface area contributed by atoms with Gasteiger partial charge in [0.15, 0.2) is 5.84 Å². The van der Waals surface area contributed by atoms with Crippen LogP contribution in [-0.2, 0) is 0 Å². The van der Waals surface area contributed by atoms with E-state index < -0.39 is 0 Å². The number of nitrogens with two attached hydrogens (primary N) is 1. The minimum absolute atomic E-state index is 0.113. The number of amidine groups is 1. The highest BCUT2D eigenvalue weighted by molar-refractivity contribution is 5.97. The monoisotopic (exact) mass is 277 g/mol. The number of nitrogens with zero attached hydrogens (tertiary/aromatic N) is 4. The van der Waals surface area contributed by atoms with Crippen LogP contribution in [0.5, 0.6) is 0 Å². The van der Waals surface area contributed by atoms with Gasteiger partial charge in [-0.15, -0.1) is 0 Å². The van der Waals surface area contributed by atoms with E-state index in [9.17, 15) is 0 Å². The predicted octanol–water partition coefficient (Wildman–Crippen LogP) is 1.10. The largest absolute Gasteiger partial charge is 0.409 e. The van der Waals surface area contributed by atoms with E-state index in [0.29, 0.717) is 5.56 Å². The van der Waals surface area contributed by atoms with Crippen molar-refractivity contribution in [2.24, 2.45) is 10.9 Å². The van der Waals surface area contributed by atoms with Gasteiger partial charge in [0.2, 0.25) is 0 Å². The van der Waals surface area contributed by atoms with Crippen molar-refractivity contribution in [3.8, 4) is 0 Å². The zero-order chi connectivity index (χ0) is 14.8. The average Bonchev–Trinajstić information content (AvgIpc) is 2.46. The van der Waals surface area contributed by atoms with Crippen molar-refractivity contribution < 1.29 is 5.21 Å². The molecule has 3 N–H and O–H groups in total. The first-order chi connectivity index (χ1) is 9.41. The Kier molecular flexibility index (Phi) is 4.13. The zero-order valence-corrected chi connectivity index (χ0v) is 12.4. The quantitative estimate of drug-likeness (QED) is 0.366. The Hall–Kier alpha value is -1.82. The van der Waals surface area contributed by atoms with Crippen molar-refractivity contribution in [2.75, 3.05) is 31.1 Å². The van der Waals surface area contributed by atoms with Crippen LogP contribution in [0.2, 0.25) is 0 Å². The van der Waals surface area contributed by atoms with Gasteiger partial charge in [-0.05, 0) is 32.9 Å².